The van der Waals surface area contributed by atoms with Gasteiger partial charge in [0.15, 0.2) is 11.2 Å². The highest BCUT2D eigenvalue weighted by molar-refractivity contribution is 6.30. The number of azide groups is 1. The smallest absolute Gasteiger partial charge is 0.176 e. The second-order valence-corrected chi connectivity index (χ2v) is 8.72. The van der Waals surface area contributed by atoms with E-state index in [-0.39, 0.29) is 19.1 Å². The van der Waals surface area contributed by atoms with Gasteiger partial charge in [-0.05, 0) is 47.3 Å². The third kappa shape index (κ3) is 3.24. The van der Waals surface area contributed by atoms with E-state index >= 15 is 0 Å². The van der Waals surface area contributed by atoms with Gasteiger partial charge in [0, 0.05) is 27.5 Å². The summed E-state index contributed by atoms with van der Waals surface area (Å²) in [5.41, 5.74) is 7.68. The lowest BCUT2D eigenvalue weighted by Crippen LogP contribution is -2.51. The Bertz CT molecular complexity index is 1220. The fourth-order valence-corrected chi connectivity index (χ4v) is 5.38. The number of fused-ring (bicyclic) bond motifs is 3. The molecule has 4 atom stereocenters. The number of aliphatic hydroxyl groups excluding tert-OH is 1. The summed E-state index contributed by atoms with van der Waals surface area (Å²) in [5.74, 6) is 0.637. The molecule has 1 fully saturated rings. The van der Waals surface area contributed by atoms with Gasteiger partial charge in [0.05, 0.1) is 19.3 Å². The highest BCUT2D eigenvalue weighted by Crippen LogP contribution is 2.66. The standard InChI is InChI=1S/C25H22ClN3O4/c26-18-8-6-17(7-9-18)25-21(16-4-2-1-3-5-16)15-23(30)24(25,31)20-11-10-19(14-22(20)33-25)32-13-12-28-29-27/h1-11,14,21,23,30-31H,12-13,15H2/t21-,23-,24-,25-/m0/s1. The van der Waals surface area contributed by atoms with Crippen molar-refractivity contribution >= 4 is 11.6 Å². The molecule has 0 amide bonds. The van der Waals surface area contributed by atoms with E-state index in [4.69, 9.17) is 26.6 Å². The molecule has 1 saturated carbocycles. The Kier molecular flexibility index (Phi) is 5.43. The lowest BCUT2D eigenvalue weighted by molar-refractivity contribution is -0.149. The van der Waals surface area contributed by atoms with Crippen LogP contribution in [0.2, 0.25) is 5.02 Å². The van der Waals surface area contributed by atoms with Crippen LogP contribution in [-0.4, -0.2) is 29.5 Å². The molecule has 2 aliphatic rings. The Morgan fingerprint density at radius 1 is 1.12 bits per heavy atom. The molecule has 0 bridgehead atoms. The summed E-state index contributed by atoms with van der Waals surface area (Å²) >= 11 is 6.16. The normalized spacial score (nSPS) is 27.2. The minimum absolute atomic E-state index is 0.196. The highest BCUT2D eigenvalue weighted by atomic mass is 35.5. The first-order chi connectivity index (χ1) is 16.0. The maximum absolute atomic E-state index is 12.2. The van der Waals surface area contributed by atoms with Crippen LogP contribution in [0.3, 0.4) is 0 Å². The molecule has 0 radical (unpaired) electrons. The summed E-state index contributed by atoms with van der Waals surface area (Å²) < 4.78 is 12.3. The van der Waals surface area contributed by atoms with Crippen molar-refractivity contribution in [3.63, 3.8) is 0 Å². The second-order valence-electron chi connectivity index (χ2n) is 8.29. The van der Waals surface area contributed by atoms with Crippen LogP contribution in [0.15, 0.2) is 77.9 Å². The molecule has 7 nitrogen and oxygen atoms in total. The van der Waals surface area contributed by atoms with Crippen molar-refractivity contribution < 1.29 is 19.7 Å². The van der Waals surface area contributed by atoms with Crippen LogP contribution in [0.4, 0.5) is 0 Å². The van der Waals surface area contributed by atoms with Crippen molar-refractivity contribution in [2.75, 3.05) is 13.2 Å². The molecule has 2 N–H and O–H groups in total. The van der Waals surface area contributed by atoms with Crippen molar-refractivity contribution in [3.05, 3.63) is 105 Å². The SMILES string of the molecule is [N-]=[N+]=NCCOc1ccc2c(c1)O[C@@]1(c3ccc(Cl)cc3)[C@H](c3ccccc3)C[C@H](O)[C@@]21O. The van der Waals surface area contributed by atoms with Gasteiger partial charge in [0.2, 0.25) is 0 Å². The molecule has 1 heterocycles. The lowest BCUT2D eigenvalue weighted by Gasteiger charge is -2.40. The molecule has 3 aromatic carbocycles. The molecule has 5 rings (SSSR count). The predicted molar refractivity (Wildman–Crippen MR) is 123 cm³/mol. The monoisotopic (exact) mass is 463 g/mol. The van der Waals surface area contributed by atoms with Crippen LogP contribution in [0.25, 0.3) is 10.4 Å². The van der Waals surface area contributed by atoms with Crippen molar-refractivity contribution in [2.24, 2.45) is 5.11 Å². The van der Waals surface area contributed by atoms with E-state index in [9.17, 15) is 10.2 Å². The summed E-state index contributed by atoms with van der Waals surface area (Å²) in [6.45, 7) is 0.409. The van der Waals surface area contributed by atoms with Crippen molar-refractivity contribution in [2.45, 2.75) is 29.6 Å². The number of benzene rings is 3. The van der Waals surface area contributed by atoms with Gasteiger partial charge < -0.3 is 19.7 Å². The number of aliphatic hydroxyl groups is 2. The van der Waals surface area contributed by atoms with Gasteiger partial charge in [-0.3, -0.25) is 0 Å². The van der Waals surface area contributed by atoms with Crippen LogP contribution >= 0.6 is 11.6 Å². The predicted octanol–water partition coefficient (Wildman–Crippen LogP) is 5.05. The van der Waals surface area contributed by atoms with E-state index < -0.39 is 17.3 Å². The summed E-state index contributed by atoms with van der Waals surface area (Å²) in [5, 5.41) is 27.5. The van der Waals surface area contributed by atoms with E-state index in [0.29, 0.717) is 28.5 Å². The van der Waals surface area contributed by atoms with Gasteiger partial charge in [-0.25, -0.2) is 0 Å². The zero-order chi connectivity index (χ0) is 23.1. The number of nitrogens with zero attached hydrogens (tertiary/aromatic N) is 3. The van der Waals surface area contributed by atoms with Gasteiger partial charge in [-0.15, -0.1) is 0 Å². The minimum atomic E-state index is -1.68. The molecule has 0 unspecified atom stereocenters. The third-order valence-corrected chi connectivity index (χ3v) is 6.88. The van der Waals surface area contributed by atoms with Crippen molar-refractivity contribution in [3.8, 4) is 11.5 Å². The summed E-state index contributed by atoms with van der Waals surface area (Å²) in [4.78, 5) is 2.72. The Morgan fingerprint density at radius 3 is 2.61 bits per heavy atom. The quantitative estimate of drug-likeness (QED) is 0.231. The molecule has 0 spiro atoms. The molecular weight excluding hydrogens is 442 g/mol. The van der Waals surface area contributed by atoms with Crippen LogP contribution in [0.5, 0.6) is 11.5 Å². The van der Waals surface area contributed by atoms with E-state index in [1.54, 1.807) is 30.3 Å². The first kappa shape index (κ1) is 21.6. The van der Waals surface area contributed by atoms with Gasteiger partial charge >= 0.3 is 0 Å². The van der Waals surface area contributed by atoms with Crippen molar-refractivity contribution in [1.29, 1.82) is 0 Å². The van der Waals surface area contributed by atoms with Gasteiger partial charge in [0.1, 0.15) is 11.5 Å². The average molecular weight is 464 g/mol. The van der Waals surface area contributed by atoms with Crippen LogP contribution in [0, 0.1) is 0 Å². The maximum Gasteiger partial charge on any atom is 0.176 e. The Labute approximate surface area is 195 Å². The van der Waals surface area contributed by atoms with E-state index in [2.05, 4.69) is 10.0 Å². The average Bonchev–Trinajstić information content (AvgIpc) is 3.23. The van der Waals surface area contributed by atoms with Crippen LogP contribution in [-0.2, 0) is 11.2 Å². The van der Waals surface area contributed by atoms with E-state index in [0.717, 1.165) is 11.1 Å². The second kappa shape index (κ2) is 8.28. The fraction of sp³-hybridized carbons (Fsp3) is 0.280. The molecular formula is C25H22ClN3O4. The van der Waals surface area contributed by atoms with Gasteiger partial charge in [0.25, 0.3) is 0 Å². The number of halogens is 1. The lowest BCUT2D eigenvalue weighted by atomic mass is 9.71. The zero-order valence-corrected chi connectivity index (χ0v) is 18.4. The molecule has 8 heteroatoms. The number of rotatable bonds is 6. The first-order valence-corrected chi connectivity index (χ1v) is 11.1. The van der Waals surface area contributed by atoms with E-state index in [1.165, 1.54) is 0 Å². The topological polar surface area (TPSA) is 108 Å². The molecule has 3 aromatic rings. The van der Waals surface area contributed by atoms with Crippen LogP contribution < -0.4 is 9.47 Å². The Balaban J connectivity index is 1.64. The van der Waals surface area contributed by atoms with E-state index in [1.807, 2.05) is 42.5 Å². The molecule has 1 aliphatic heterocycles. The molecule has 0 aromatic heterocycles. The van der Waals surface area contributed by atoms with Gasteiger partial charge in [-0.1, -0.05) is 59.2 Å². The first-order valence-electron chi connectivity index (χ1n) is 10.7. The molecule has 33 heavy (non-hydrogen) atoms. The molecule has 0 saturated heterocycles. The maximum atomic E-state index is 12.2. The number of ether oxygens (including phenoxy) is 2. The summed E-state index contributed by atoms with van der Waals surface area (Å²) in [6.07, 6.45) is -0.733. The fourth-order valence-electron chi connectivity index (χ4n) is 5.25. The zero-order valence-electron chi connectivity index (χ0n) is 17.6. The number of hydrogen-bond acceptors (Lipinski definition) is 5. The largest absolute Gasteiger partial charge is 0.493 e. The Hall–Kier alpha value is -3.22. The summed E-state index contributed by atoms with van der Waals surface area (Å²) in [7, 11) is 0. The summed E-state index contributed by atoms with van der Waals surface area (Å²) in [6, 6.07) is 22.1. The van der Waals surface area contributed by atoms with Crippen molar-refractivity contribution in [1.82, 2.24) is 0 Å². The van der Waals surface area contributed by atoms with Gasteiger partial charge in [-0.2, -0.15) is 0 Å². The third-order valence-electron chi connectivity index (χ3n) is 6.63. The molecule has 1 aliphatic carbocycles. The number of hydrogen-bond donors (Lipinski definition) is 2. The Morgan fingerprint density at radius 2 is 1.88 bits per heavy atom. The minimum Gasteiger partial charge on any atom is -0.493 e. The molecule has 168 valence electrons. The van der Waals surface area contributed by atoms with Crippen LogP contribution in [0.1, 0.15) is 29.0 Å². The highest BCUT2D eigenvalue weighted by Gasteiger charge is 2.72.